The van der Waals surface area contributed by atoms with Gasteiger partial charge < -0.3 is 9.17 Å². The van der Waals surface area contributed by atoms with Crippen LogP contribution in [-0.4, -0.2) is 13.4 Å². The van der Waals surface area contributed by atoms with E-state index < -0.39 is 15.7 Å². The van der Waals surface area contributed by atoms with Gasteiger partial charge in [-0.05, 0) is 30.7 Å². The Bertz CT molecular complexity index is 1310. The Morgan fingerprint density at radius 2 is 1.46 bits per heavy atom. The molecule has 5 nitrogen and oxygen atoms in total. The van der Waals surface area contributed by atoms with Gasteiger partial charge in [0.25, 0.3) is 5.56 Å². The van der Waals surface area contributed by atoms with Gasteiger partial charge in [0.1, 0.15) is 4.90 Å². The van der Waals surface area contributed by atoms with Gasteiger partial charge in [0, 0.05) is 16.5 Å². The van der Waals surface area contributed by atoms with Crippen molar-refractivity contribution in [1.82, 2.24) is 4.98 Å². The van der Waals surface area contributed by atoms with Crippen molar-refractivity contribution in [1.29, 1.82) is 0 Å². The number of aryl methyl sites for hydroxylation is 1. The summed E-state index contributed by atoms with van der Waals surface area (Å²) in [6.45, 7) is 1.86. The minimum absolute atomic E-state index is 0.00956. The number of aromatic nitrogens is 1. The molecule has 0 bridgehead atoms. The van der Waals surface area contributed by atoms with E-state index >= 15 is 0 Å². The molecule has 0 aliphatic rings. The monoisotopic (exact) mass is 391 g/mol. The molecular formula is C22H17NO4S. The number of nitrogens with one attached hydrogen (secondary N) is 1. The molecule has 0 aliphatic heterocycles. The van der Waals surface area contributed by atoms with Crippen molar-refractivity contribution < 1.29 is 12.6 Å². The van der Waals surface area contributed by atoms with Gasteiger partial charge in [-0.15, -0.1) is 0 Å². The van der Waals surface area contributed by atoms with E-state index in [-0.39, 0.29) is 10.6 Å². The highest BCUT2D eigenvalue weighted by Gasteiger charge is 2.23. The number of pyridine rings is 1. The van der Waals surface area contributed by atoms with E-state index in [9.17, 15) is 13.2 Å². The molecule has 1 aromatic heterocycles. The Labute approximate surface area is 162 Å². The molecule has 0 radical (unpaired) electrons. The number of fused-ring (bicyclic) bond motifs is 1. The largest absolute Gasteiger partial charge is 0.372 e. The summed E-state index contributed by atoms with van der Waals surface area (Å²) in [7, 11) is -4.17. The Morgan fingerprint density at radius 3 is 2.18 bits per heavy atom. The van der Waals surface area contributed by atoms with Gasteiger partial charge in [0.2, 0.25) is 5.75 Å². The van der Waals surface area contributed by atoms with Crippen LogP contribution in [0.15, 0.2) is 88.6 Å². The van der Waals surface area contributed by atoms with E-state index in [4.69, 9.17) is 4.18 Å². The summed E-state index contributed by atoms with van der Waals surface area (Å²) in [6, 6.07) is 22.6. The van der Waals surface area contributed by atoms with Gasteiger partial charge in [0.15, 0.2) is 0 Å². The maximum atomic E-state index is 12.8. The summed E-state index contributed by atoms with van der Waals surface area (Å²) in [5.74, 6) is -0.245. The van der Waals surface area contributed by atoms with Gasteiger partial charge in [-0.3, -0.25) is 4.79 Å². The molecule has 1 N–H and O–H groups in total. The molecule has 0 saturated carbocycles. The number of hydrogen-bond donors (Lipinski definition) is 1. The van der Waals surface area contributed by atoms with Crippen molar-refractivity contribution >= 4 is 21.0 Å². The van der Waals surface area contributed by atoms with Crippen molar-refractivity contribution in [3.8, 4) is 16.9 Å². The third-order valence-corrected chi connectivity index (χ3v) is 5.68. The van der Waals surface area contributed by atoms with Crippen molar-refractivity contribution in [3.05, 3.63) is 94.8 Å². The second-order valence-electron chi connectivity index (χ2n) is 6.42. The molecule has 28 heavy (non-hydrogen) atoms. The lowest BCUT2D eigenvalue weighted by molar-refractivity contribution is 0.483. The Balaban J connectivity index is 1.95. The number of para-hydroxylation sites is 1. The number of aromatic amines is 1. The van der Waals surface area contributed by atoms with Crippen molar-refractivity contribution in [2.75, 3.05) is 0 Å². The first-order chi connectivity index (χ1) is 13.5. The van der Waals surface area contributed by atoms with Crippen LogP contribution >= 0.6 is 0 Å². The summed E-state index contributed by atoms with van der Waals surface area (Å²) < 4.78 is 31.0. The fourth-order valence-electron chi connectivity index (χ4n) is 3.06. The number of H-pyrrole nitrogens is 1. The van der Waals surface area contributed by atoms with Crippen molar-refractivity contribution in [2.24, 2.45) is 0 Å². The Morgan fingerprint density at radius 1 is 0.821 bits per heavy atom. The number of hydrogen-bond acceptors (Lipinski definition) is 4. The standard InChI is InChI=1S/C22H17NO4S/c1-15-11-13-17(14-12-15)28(25,26)27-21-20(16-7-3-2-4-8-16)18-9-5-6-10-19(18)23-22(21)24/h2-14H,1H3,(H,23,24). The van der Waals surface area contributed by atoms with Crippen molar-refractivity contribution in [2.45, 2.75) is 11.8 Å². The van der Waals surface area contributed by atoms with E-state index in [0.29, 0.717) is 22.0 Å². The summed E-state index contributed by atoms with van der Waals surface area (Å²) in [5.41, 5.74) is 2.06. The number of rotatable bonds is 4. The zero-order valence-electron chi connectivity index (χ0n) is 15.0. The van der Waals surface area contributed by atoms with Gasteiger partial charge in [-0.25, -0.2) is 0 Å². The third-order valence-electron chi connectivity index (χ3n) is 4.44. The maximum absolute atomic E-state index is 12.8. The molecule has 6 heteroatoms. The lowest BCUT2D eigenvalue weighted by atomic mass is 10.0. The lowest BCUT2D eigenvalue weighted by Gasteiger charge is -2.14. The van der Waals surface area contributed by atoms with Crippen LogP contribution in [0.25, 0.3) is 22.0 Å². The highest BCUT2D eigenvalue weighted by atomic mass is 32.2. The van der Waals surface area contributed by atoms with Crippen LogP contribution in [0.3, 0.4) is 0 Å². The zero-order chi connectivity index (χ0) is 19.7. The lowest BCUT2D eigenvalue weighted by Crippen LogP contribution is -2.18. The summed E-state index contributed by atoms with van der Waals surface area (Å²) in [4.78, 5) is 15.4. The van der Waals surface area contributed by atoms with E-state index in [1.165, 1.54) is 12.1 Å². The molecule has 3 aromatic carbocycles. The van der Waals surface area contributed by atoms with Crippen LogP contribution in [0.1, 0.15) is 5.56 Å². The predicted octanol–water partition coefficient (Wildman–Crippen LogP) is 4.27. The second-order valence-corrected chi connectivity index (χ2v) is 7.97. The van der Waals surface area contributed by atoms with Crippen LogP contribution in [0.2, 0.25) is 0 Å². The quantitative estimate of drug-likeness (QED) is 0.527. The molecule has 0 atom stereocenters. The van der Waals surface area contributed by atoms with Crippen LogP contribution in [0, 0.1) is 6.92 Å². The second kappa shape index (κ2) is 6.98. The Hall–Kier alpha value is -3.38. The molecule has 1 heterocycles. The third kappa shape index (κ3) is 3.30. The first-order valence-corrected chi connectivity index (χ1v) is 10.1. The highest BCUT2D eigenvalue weighted by Crippen LogP contribution is 2.34. The van der Waals surface area contributed by atoms with Crippen LogP contribution < -0.4 is 9.74 Å². The van der Waals surface area contributed by atoms with Crippen LogP contribution in [0.4, 0.5) is 0 Å². The molecule has 0 amide bonds. The molecule has 4 rings (SSSR count). The van der Waals surface area contributed by atoms with Crippen LogP contribution in [-0.2, 0) is 10.1 Å². The van der Waals surface area contributed by atoms with Crippen LogP contribution in [0.5, 0.6) is 5.75 Å². The minimum Gasteiger partial charge on any atom is -0.372 e. The van der Waals surface area contributed by atoms with Gasteiger partial charge in [0.05, 0.1) is 0 Å². The Kier molecular flexibility index (Phi) is 4.49. The summed E-state index contributed by atoms with van der Waals surface area (Å²) in [6.07, 6.45) is 0. The molecule has 140 valence electrons. The first-order valence-electron chi connectivity index (χ1n) is 8.67. The van der Waals surface area contributed by atoms with Gasteiger partial charge in [-0.2, -0.15) is 8.42 Å². The van der Waals surface area contributed by atoms with Gasteiger partial charge in [-0.1, -0.05) is 66.2 Å². The normalized spacial score (nSPS) is 11.5. The van der Waals surface area contributed by atoms with E-state index in [1.54, 1.807) is 24.3 Å². The average Bonchev–Trinajstić information content (AvgIpc) is 2.69. The molecule has 4 aromatic rings. The number of benzene rings is 3. The molecule has 0 aliphatic carbocycles. The SMILES string of the molecule is Cc1ccc(S(=O)(=O)Oc2c(-c3ccccc3)c3ccccc3[nH]c2=O)cc1. The molecule has 0 fully saturated rings. The fourth-order valence-corrected chi connectivity index (χ4v) is 4.00. The van der Waals surface area contributed by atoms with E-state index in [1.807, 2.05) is 49.4 Å². The predicted molar refractivity (Wildman–Crippen MR) is 109 cm³/mol. The van der Waals surface area contributed by atoms with Crippen molar-refractivity contribution in [3.63, 3.8) is 0 Å². The maximum Gasteiger partial charge on any atom is 0.339 e. The fraction of sp³-hybridized carbons (Fsp3) is 0.0455. The van der Waals surface area contributed by atoms with E-state index in [0.717, 1.165) is 5.56 Å². The molecule has 0 spiro atoms. The minimum atomic E-state index is -4.17. The van der Waals surface area contributed by atoms with E-state index in [2.05, 4.69) is 4.98 Å². The average molecular weight is 391 g/mol. The summed E-state index contributed by atoms with van der Waals surface area (Å²) in [5, 5.41) is 0.697. The smallest absolute Gasteiger partial charge is 0.339 e. The molecular weight excluding hydrogens is 374 g/mol. The molecule has 0 saturated heterocycles. The summed E-state index contributed by atoms with van der Waals surface area (Å²) >= 11 is 0. The molecule has 0 unspecified atom stereocenters. The first kappa shape index (κ1) is 18.0. The highest BCUT2D eigenvalue weighted by molar-refractivity contribution is 7.87. The van der Waals surface area contributed by atoms with Gasteiger partial charge >= 0.3 is 10.1 Å². The topological polar surface area (TPSA) is 76.2 Å². The zero-order valence-corrected chi connectivity index (χ0v) is 15.9.